The molecule has 20 N–H and O–H groups in total. The zero-order chi connectivity index (χ0) is 89.6. The number of nitrogens with zero attached hydrogens (tertiary/aromatic N) is 1. The van der Waals surface area contributed by atoms with E-state index in [0.717, 1.165) is 16.7 Å². The van der Waals surface area contributed by atoms with Crippen molar-refractivity contribution in [1.82, 2.24) is 73.7 Å². The Morgan fingerprint density at radius 3 is 1.36 bits per heavy atom. The van der Waals surface area contributed by atoms with Gasteiger partial charge in [-0.05, 0) is 113 Å². The lowest BCUT2D eigenvalue weighted by Gasteiger charge is -2.33. The molecule has 0 radical (unpaired) electrons. The van der Waals surface area contributed by atoms with Gasteiger partial charge in [0.2, 0.25) is 88.6 Å². The van der Waals surface area contributed by atoms with Gasteiger partial charge in [-0.3, -0.25) is 71.9 Å². The minimum atomic E-state index is -1.68. The summed E-state index contributed by atoms with van der Waals surface area (Å²) in [5.74, 6) is -16.6. The molecule has 11 atom stereocenters. The number of rotatable bonds is 23. The molecule has 7 aromatic rings. The predicted molar refractivity (Wildman–Crippen MR) is 458 cm³/mol. The molecule has 0 unspecified atom stereocenters. The van der Waals surface area contributed by atoms with Crippen LogP contribution in [0.2, 0.25) is 0 Å². The van der Waals surface area contributed by atoms with E-state index in [0.29, 0.717) is 44.3 Å². The Hall–Kier alpha value is -13.3. The number of para-hydroxylation sites is 1. The summed E-state index contributed by atoms with van der Waals surface area (Å²) in [6, 6.07) is 24.2. The van der Waals surface area contributed by atoms with Crippen molar-refractivity contribution >= 4 is 111 Å². The van der Waals surface area contributed by atoms with E-state index in [9.17, 15) is 63.3 Å². The van der Waals surface area contributed by atoms with Gasteiger partial charge in [-0.1, -0.05) is 157 Å². The first-order valence-electron chi connectivity index (χ1n) is 40.5. The Morgan fingerprint density at radius 2 is 0.854 bits per heavy atom. The van der Waals surface area contributed by atoms with Crippen molar-refractivity contribution in [3.63, 3.8) is 0 Å². The predicted octanol–water partition coefficient (Wildman–Crippen LogP) is 1.19. The van der Waals surface area contributed by atoms with Crippen LogP contribution >= 0.6 is 11.8 Å². The quantitative estimate of drug-likeness (QED) is 0.0428. The summed E-state index contributed by atoms with van der Waals surface area (Å²) < 4.78 is 0. The molecular formula is C88H110N16O18S. The lowest BCUT2D eigenvalue weighted by molar-refractivity contribution is -0.143. The molecule has 0 bridgehead atoms. The van der Waals surface area contributed by atoms with Crippen LogP contribution in [0.15, 0.2) is 164 Å². The smallest absolute Gasteiger partial charge is 0.245 e. The molecular weight excluding hydrogens is 1600 g/mol. The van der Waals surface area contributed by atoms with Crippen molar-refractivity contribution < 1.29 is 87.2 Å². The first-order valence-corrected chi connectivity index (χ1v) is 41.7. The van der Waals surface area contributed by atoms with Crippen LogP contribution in [0, 0.1) is 17.8 Å². The summed E-state index contributed by atoms with van der Waals surface area (Å²) in [6.07, 6.45) is -0.973. The standard InChI is InChI=1S/C88H110N16O18S/c1-49(2)36-64-80(114)102-71(79(113)92-45-74(90)109)47-123-48-76(111)95-66(38-52-16-10-8-11-17-52)81(115)98-67(39-54-22-28-58(105)29-23-54)83(117)97-65(37-50(3)4)85(119)103-77(51(5)6)87(121)100-68(40-55-24-30-59(106)31-25-55)82(116)96-63(34-35-73(89)108)78(112)93-46-75(110)94-69(43-57-44-91-62-21-15-14-20-61(57)62)84(118)101-70(41-56-26-32-60(107)33-27-56)88(122)104(7)72(86(120)99-64)42-53-18-12-9-13-19-53/h8-33,44,49-51,63-72,77,91,105-107H,34-43,45-48H2,1-7H3,(H2,89,108)(H2,90,109)(H,92,113)(H,93,112)(H,94,110)(H,95,111)(H,96,116)(H,97,117)(H,98,115)(H,99,120)(H,100,121)(H,101,118)(H,102,114)(H,103,119)/t63-,64-,65-,66-,67-,68-,69-,70-,71-,72-,77-/m0/s1. The maximum Gasteiger partial charge on any atom is 0.245 e. The van der Waals surface area contributed by atoms with Gasteiger partial charge in [0.15, 0.2) is 0 Å². The fraction of sp³-hybridized carbons (Fsp3) is 0.398. The van der Waals surface area contributed by atoms with E-state index in [1.54, 1.807) is 133 Å². The number of fused-ring (bicyclic) bond motifs is 1. The van der Waals surface area contributed by atoms with Crippen molar-refractivity contribution in [2.75, 3.05) is 31.6 Å². The number of aromatic amines is 1. The minimum Gasteiger partial charge on any atom is -0.508 e. The highest BCUT2D eigenvalue weighted by Crippen LogP contribution is 2.23. The molecule has 34 nitrogen and oxygen atoms in total. The number of phenols is 3. The van der Waals surface area contributed by atoms with Crippen LogP contribution in [0.25, 0.3) is 10.9 Å². The summed E-state index contributed by atoms with van der Waals surface area (Å²) >= 11 is 0.824. The van der Waals surface area contributed by atoms with Gasteiger partial charge in [0.05, 0.1) is 18.8 Å². The van der Waals surface area contributed by atoms with Crippen LogP contribution < -0.4 is 75.3 Å². The van der Waals surface area contributed by atoms with Gasteiger partial charge >= 0.3 is 0 Å². The van der Waals surface area contributed by atoms with E-state index >= 15 is 24.0 Å². The molecule has 8 rings (SSSR count). The number of amides is 15. The number of H-pyrrole nitrogens is 1. The zero-order valence-electron chi connectivity index (χ0n) is 69.5. The SMILES string of the molecule is CC(C)C[C@@H]1NC(=O)[C@H](Cc2ccc(O)cc2)NC(=O)[C@H](Cc2ccccc2)NC(=O)CSC[C@@H](C(=O)NCC(N)=O)NC(=O)[C@H](CC(C)C)NC(=O)[C@H](Cc2ccccc2)N(C)C(=O)[C@H](Cc2ccc(O)cc2)NC(=O)[C@H](Cc2c[nH]c3ccccc23)NC(=O)CNC(=O)[C@H](CCC(N)=O)NC(=O)[C@H](Cc2ccc(O)cc2)NC(=O)[C@H](C(C)C)NC1=O. The van der Waals surface area contributed by atoms with Gasteiger partial charge in [0.1, 0.15) is 83.7 Å². The Kier molecular flexibility index (Phi) is 35.9. The van der Waals surface area contributed by atoms with Gasteiger partial charge < -0.3 is 100 Å². The number of aromatic hydroxyl groups is 3. The summed E-state index contributed by atoms with van der Waals surface area (Å²) in [5.41, 5.74) is 14.5. The number of thioether (sulfide) groups is 1. The van der Waals surface area contributed by atoms with E-state index in [1.807, 2.05) is 0 Å². The summed E-state index contributed by atoms with van der Waals surface area (Å²) in [7, 11) is 1.31. The number of nitrogens with two attached hydrogens (primary N) is 2. The molecule has 0 aliphatic carbocycles. The van der Waals surface area contributed by atoms with Crippen molar-refractivity contribution in [2.24, 2.45) is 29.2 Å². The Morgan fingerprint density at radius 1 is 0.439 bits per heavy atom. The molecule has 6 aromatic carbocycles. The van der Waals surface area contributed by atoms with E-state index in [-0.39, 0.29) is 86.2 Å². The van der Waals surface area contributed by atoms with Crippen LogP contribution in [-0.2, 0) is 110 Å². The molecule has 35 heteroatoms. The second kappa shape index (κ2) is 46.5. The normalized spacial score (nSPS) is 21.8. The minimum absolute atomic E-state index is 0.0527. The molecule has 123 heavy (non-hydrogen) atoms. The first-order chi connectivity index (χ1) is 58.5. The molecule has 2 heterocycles. The third-order valence-electron chi connectivity index (χ3n) is 20.3. The number of likely N-dealkylation sites (N-methyl/N-ethyl adjacent to an activating group) is 1. The van der Waals surface area contributed by atoms with Crippen molar-refractivity contribution in [3.8, 4) is 17.2 Å². The van der Waals surface area contributed by atoms with E-state index < -0.39 is 193 Å². The maximum atomic E-state index is 15.7. The fourth-order valence-electron chi connectivity index (χ4n) is 13.8. The monoisotopic (exact) mass is 1710 g/mol. The number of primary amides is 2. The molecule has 1 aromatic heterocycles. The second-order valence-electron chi connectivity index (χ2n) is 31.6. The number of nitrogens with one attached hydrogen (secondary N) is 13. The van der Waals surface area contributed by atoms with Crippen LogP contribution in [0.5, 0.6) is 17.2 Å². The number of hydrogen-bond donors (Lipinski definition) is 18. The summed E-state index contributed by atoms with van der Waals surface area (Å²) in [6.45, 7) is 8.65. The Labute approximate surface area is 716 Å². The van der Waals surface area contributed by atoms with Crippen molar-refractivity contribution in [1.29, 1.82) is 0 Å². The number of carbonyl (C=O) groups is 15. The second-order valence-corrected chi connectivity index (χ2v) is 32.6. The average molecular weight is 1710 g/mol. The van der Waals surface area contributed by atoms with Gasteiger partial charge in [0.25, 0.3) is 0 Å². The first kappa shape index (κ1) is 95.1. The maximum absolute atomic E-state index is 15.7. The molecule has 656 valence electrons. The molecule has 1 saturated heterocycles. The third kappa shape index (κ3) is 30.4. The van der Waals surface area contributed by atoms with Gasteiger partial charge in [-0.15, -0.1) is 11.8 Å². The average Bonchev–Trinajstić information content (AvgIpc) is 1.73. The molecule has 0 saturated carbocycles. The van der Waals surface area contributed by atoms with Crippen LogP contribution in [0.3, 0.4) is 0 Å². The summed E-state index contributed by atoms with van der Waals surface area (Å²) in [5, 5.41) is 63.7. The highest BCUT2D eigenvalue weighted by Gasteiger charge is 2.40. The van der Waals surface area contributed by atoms with Crippen molar-refractivity contribution in [3.05, 3.63) is 197 Å². The fourth-order valence-corrected chi connectivity index (χ4v) is 14.7. The molecule has 1 aliphatic heterocycles. The number of carbonyl (C=O) groups excluding carboxylic acids is 15. The third-order valence-corrected chi connectivity index (χ3v) is 21.4. The van der Waals surface area contributed by atoms with E-state index in [2.05, 4.69) is 68.8 Å². The molecule has 1 aliphatic rings. The lowest BCUT2D eigenvalue weighted by Crippen LogP contribution is -2.61. The van der Waals surface area contributed by atoms with E-state index in [4.69, 9.17) is 11.5 Å². The highest BCUT2D eigenvalue weighted by molar-refractivity contribution is 8.00. The van der Waals surface area contributed by atoms with E-state index in [1.165, 1.54) is 79.8 Å². The molecule has 1 fully saturated rings. The van der Waals surface area contributed by atoms with Crippen LogP contribution in [-0.4, -0.2) is 212 Å². The lowest BCUT2D eigenvalue weighted by atomic mass is 9.98. The molecule has 0 spiro atoms. The zero-order valence-corrected chi connectivity index (χ0v) is 70.4. The Balaban J connectivity index is 1.21. The van der Waals surface area contributed by atoms with Gasteiger partial charge in [-0.2, -0.15) is 0 Å². The van der Waals surface area contributed by atoms with Crippen LogP contribution in [0.4, 0.5) is 0 Å². The number of phenolic OH excluding ortho intramolecular Hbond substituents is 3. The number of hydrogen-bond acceptors (Lipinski definition) is 19. The number of benzene rings is 6. The number of aromatic nitrogens is 1. The highest BCUT2D eigenvalue weighted by atomic mass is 32.2. The van der Waals surface area contributed by atoms with Gasteiger partial charge in [0, 0.05) is 74.8 Å². The Bertz CT molecular complexity index is 4840. The van der Waals surface area contributed by atoms with Gasteiger partial charge in [-0.25, -0.2) is 0 Å². The van der Waals surface area contributed by atoms with Crippen LogP contribution in [0.1, 0.15) is 101 Å². The summed E-state index contributed by atoms with van der Waals surface area (Å²) in [4.78, 5) is 223. The largest absolute Gasteiger partial charge is 0.508 e. The van der Waals surface area contributed by atoms with Crippen molar-refractivity contribution in [2.45, 2.75) is 172 Å². The molecule has 15 amide bonds. The topological polar surface area (TPSA) is 532 Å².